The molecule has 7 heteroatoms. The Morgan fingerprint density at radius 2 is 2.11 bits per heavy atom. The third-order valence-electron chi connectivity index (χ3n) is 2.11. The van der Waals surface area contributed by atoms with Gasteiger partial charge in [0.25, 0.3) is 5.91 Å². The molecule has 0 saturated carbocycles. The highest BCUT2D eigenvalue weighted by atomic mass is 79.9. The van der Waals surface area contributed by atoms with Crippen LogP contribution < -0.4 is 5.32 Å². The Hall–Kier alpha value is -0.690. The van der Waals surface area contributed by atoms with Crippen molar-refractivity contribution in [2.24, 2.45) is 0 Å². The summed E-state index contributed by atoms with van der Waals surface area (Å²) in [5, 5.41) is 2.30. The Labute approximate surface area is 116 Å². The number of nitrogens with one attached hydrogen (secondary N) is 1. The normalized spacial score (nSPS) is 13.2. The third kappa shape index (κ3) is 4.89. The highest BCUT2D eigenvalue weighted by Gasteiger charge is 2.30. The second kappa shape index (κ2) is 5.97. The minimum Gasteiger partial charge on any atom is -0.349 e. The van der Waals surface area contributed by atoms with Gasteiger partial charge in [-0.15, -0.1) is 12.6 Å². The number of carbonyl (C=O) groups is 1. The Morgan fingerprint density at radius 1 is 1.50 bits per heavy atom. The second-order valence-corrected chi connectivity index (χ2v) is 5.23. The van der Waals surface area contributed by atoms with Crippen LogP contribution in [0.2, 0.25) is 0 Å². The van der Waals surface area contributed by atoms with E-state index in [2.05, 4.69) is 33.9 Å². The number of thiol groups is 1. The van der Waals surface area contributed by atoms with Crippen LogP contribution in [0.15, 0.2) is 27.6 Å². The predicted octanol–water partition coefficient (Wildman–Crippen LogP) is 3.81. The molecule has 1 N–H and O–H groups in total. The molecule has 0 bridgehead atoms. The van der Waals surface area contributed by atoms with Gasteiger partial charge < -0.3 is 5.32 Å². The van der Waals surface area contributed by atoms with Gasteiger partial charge in [0.2, 0.25) is 0 Å². The number of carbonyl (C=O) groups excluding carboxylic acids is 1. The van der Waals surface area contributed by atoms with Crippen molar-refractivity contribution in [1.29, 1.82) is 0 Å². The van der Waals surface area contributed by atoms with Crippen LogP contribution in [-0.4, -0.2) is 18.1 Å². The molecule has 100 valence electrons. The molecule has 1 aromatic carbocycles. The predicted molar refractivity (Wildman–Crippen MR) is 69.0 cm³/mol. The van der Waals surface area contributed by atoms with Crippen LogP contribution in [0.4, 0.5) is 13.2 Å². The van der Waals surface area contributed by atoms with E-state index in [0.29, 0.717) is 9.37 Å². The van der Waals surface area contributed by atoms with Crippen molar-refractivity contribution in [1.82, 2.24) is 5.32 Å². The van der Waals surface area contributed by atoms with Crippen LogP contribution in [0, 0.1) is 0 Å². The highest BCUT2D eigenvalue weighted by Crippen LogP contribution is 2.23. The van der Waals surface area contributed by atoms with E-state index in [0.717, 1.165) is 0 Å². The maximum Gasteiger partial charge on any atom is 0.391 e. The van der Waals surface area contributed by atoms with Gasteiger partial charge >= 0.3 is 6.18 Å². The van der Waals surface area contributed by atoms with Crippen molar-refractivity contribution < 1.29 is 18.0 Å². The van der Waals surface area contributed by atoms with Crippen LogP contribution >= 0.6 is 28.6 Å². The van der Waals surface area contributed by atoms with Crippen LogP contribution in [0.5, 0.6) is 0 Å². The van der Waals surface area contributed by atoms with E-state index in [1.807, 2.05) is 0 Å². The van der Waals surface area contributed by atoms with Gasteiger partial charge in [-0.05, 0) is 41.1 Å². The first-order valence-electron chi connectivity index (χ1n) is 5.05. The monoisotopic (exact) mass is 341 g/mol. The largest absolute Gasteiger partial charge is 0.391 e. The molecule has 0 saturated heterocycles. The minimum atomic E-state index is -4.30. The quantitative estimate of drug-likeness (QED) is 0.804. The zero-order valence-corrected chi connectivity index (χ0v) is 11.9. The van der Waals surface area contributed by atoms with E-state index in [1.165, 1.54) is 13.0 Å². The van der Waals surface area contributed by atoms with Crippen LogP contribution in [0.1, 0.15) is 23.7 Å². The first-order valence-corrected chi connectivity index (χ1v) is 6.29. The number of rotatable bonds is 3. The lowest BCUT2D eigenvalue weighted by Gasteiger charge is -2.16. The molecule has 1 unspecified atom stereocenters. The lowest BCUT2D eigenvalue weighted by atomic mass is 10.1. The van der Waals surface area contributed by atoms with E-state index >= 15 is 0 Å². The average molecular weight is 342 g/mol. The summed E-state index contributed by atoms with van der Waals surface area (Å²) in [6.45, 7) is 1.31. The summed E-state index contributed by atoms with van der Waals surface area (Å²) in [6, 6.07) is 3.80. The molecule has 1 atom stereocenters. The number of benzene rings is 1. The van der Waals surface area contributed by atoms with Gasteiger partial charge in [0.1, 0.15) is 0 Å². The van der Waals surface area contributed by atoms with Crippen molar-refractivity contribution in [3.05, 3.63) is 28.2 Å². The molecule has 1 rings (SSSR count). The molecular weight excluding hydrogens is 331 g/mol. The lowest BCUT2D eigenvalue weighted by molar-refractivity contribution is -0.138. The van der Waals surface area contributed by atoms with E-state index in [-0.39, 0.29) is 5.56 Å². The zero-order chi connectivity index (χ0) is 13.9. The number of hydrogen-bond acceptors (Lipinski definition) is 2. The van der Waals surface area contributed by atoms with E-state index in [9.17, 15) is 18.0 Å². The molecular formula is C11H11BrF3NOS. The molecule has 0 spiro atoms. The van der Waals surface area contributed by atoms with Gasteiger partial charge in [-0.1, -0.05) is 0 Å². The van der Waals surface area contributed by atoms with Crippen molar-refractivity contribution >= 4 is 34.5 Å². The molecule has 0 aromatic heterocycles. The third-order valence-corrected chi connectivity index (χ3v) is 3.08. The average Bonchev–Trinajstić information content (AvgIpc) is 2.18. The minimum absolute atomic E-state index is 0.261. The van der Waals surface area contributed by atoms with Crippen LogP contribution in [-0.2, 0) is 0 Å². The molecule has 1 amide bonds. The SMILES string of the molecule is CC(CC(F)(F)F)NC(=O)c1cc(S)ccc1Br. The summed E-state index contributed by atoms with van der Waals surface area (Å²) in [5.41, 5.74) is 0.261. The first-order chi connectivity index (χ1) is 8.19. The Bertz CT molecular complexity index is 450. The Balaban J connectivity index is 2.74. The van der Waals surface area contributed by atoms with Crippen molar-refractivity contribution in [3.8, 4) is 0 Å². The highest BCUT2D eigenvalue weighted by molar-refractivity contribution is 9.10. The van der Waals surface area contributed by atoms with E-state index in [4.69, 9.17) is 0 Å². The van der Waals surface area contributed by atoms with Gasteiger partial charge in [0.05, 0.1) is 12.0 Å². The fourth-order valence-electron chi connectivity index (χ4n) is 1.39. The lowest BCUT2D eigenvalue weighted by Crippen LogP contribution is -2.36. The molecule has 0 heterocycles. The molecule has 0 aliphatic heterocycles. The molecule has 0 radical (unpaired) electrons. The zero-order valence-electron chi connectivity index (χ0n) is 9.38. The van der Waals surface area contributed by atoms with Gasteiger partial charge in [-0.3, -0.25) is 4.79 Å². The van der Waals surface area contributed by atoms with Gasteiger partial charge in [0.15, 0.2) is 0 Å². The fourth-order valence-corrected chi connectivity index (χ4v) is 2.02. The fraction of sp³-hybridized carbons (Fsp3) is 0.364. The van der Waals surface area contributed by atoms with Crippen LogP contribution in [0.3, 0.4) is 0 Å². The first kappa shape index (κ1) is 15.4. The van der Waals surface area contributed by atoms with E-state index in [1.54, 1.807) is 12.1 Å². The summed E-state index contributed by atoms with van der Waals surface area (Å²) < 4.78 is 36.9. The summed E-state index contributed by atoms with van der Waals surface area (Å²) in [7, 11) is 0. The van der Waals surface area contributed by atoms with Gasteiger partial charge in [0, 0.05) is 15.4 Å². The molecule has 18 heavy (non-hydrogen) atoms. The molecule has 0 aliphatic carbocycles. The standard InChI is InChI=1S/C11H11BrF3NOS/c1-6(5-11(13,14)15)16-10(17)8-4-7(18)2-3-9(8)12/h2-4,6,18H,5H2,1H3,(H,16,17). The number of halogens is 4. The molecule has 0 fully saturated rings. The molecule has 1 aromatic rings. The summed E-state index contributed by atoms with van der Waals surface area (Å²) in [5.74, 6) is -0.561. The topological polar surface area (TPSA) is 29.1 Å². The van der Waals surface area contributed by atoms with Crippen molar-refractivity contribution in [3.63, 3.8) is 0 Å². The number of hydrogen-bond donors (Lipinski definition) is 2. The van der Waals surface area contributed by atoms with Crippen LogP contribution in [0.25, 0.3) is 0 Å². The number of amides is 1. The van der Waals surface area contributed by atoms with Gasteiger partial charge in [-0.25, -0.2) is 0 Å². The summed E-state index contributed by atoms with van der Waals surface area (Å²) >= 11 is 7.24. The Morgan fingerprint density at radius 3 is 2.67 bits per heavy atom. The Kier molecular flexibility index (Phi) is 5.10. The maximum absolute atomic E-state index is 12.1. The van der Waals surface area contributed by atoms with E-state index < -0.39 is 24.5 Å². The van der Waals surface area contributed by atoms with Crippen molar-refractivity contribution in [2.45, 2.75) is 30.5 Å². The van der Waals surface area contributed by atoms with Gasteiger partial charge in [-0.2, -0.15) is 13.2 Å². The maximum atomic E-state index is 12.1. The second-order valence-electron chi connectivity index (χ2n) is 3.86. The summed E-state index contributed by atoms with van der Waals surface area (Å²) in [4.78, 5) is 12.3. The van der Waals surface area contributed by atoms with Crippen molar-refractivity contribution in [2.75, 3.05) is 0 Å². The molecule has 2 nitrogen and oxygen atoms in total. The molecule has 0 aliphatic rings. The smallest absolute Gasteiger partial charge is 0.349 e. The number of alkyl halides is 3. The summed E-state index contributed by atoms with van der Waals surface area (Å²) in [6.07, 6.45) is -5.35.